The van der Waals surface area contributed by atoms with Crippen molar-refractivity contribution in [3.05, 3.63) is 45.8 Å². The predicted octanol–water partition coefficient (Wildman–Crippen LogP) is 2.16. The number of piperidine rings is 1. The number of carbonyl (C=O) groups excluding carboxylic acids is 1. The van der Waals surface area contributed by atoms with E-state index in [1.54, 1.807) is 0 Å². The van der Waals surface area contributed by atoms with E-state index < -0.39 is 5.63 Å². The normalized spacial score (nSPS) is 29.5. The van der Waals surface area contributed by atoms with Crippen LogP contribution in [0.1, 0.15) is 36.8 Å². The Morgan fingerprint density at radius 2 is 2.04 bits per heavy atom. The molecule has 1 unspecified atom stereocenters. The number of benzene rings is 1. The van der Waals surface area contributed by atoms with Gasteiger partial charge in [0.1, 0.15) is 5.58 Å². The lowest BCUT2D eigenvalue weighted by Crippen LogP contribution is -2.60. The first-order valence-corrected chi connectivity index (χ1v) is 10.2. The van der Waals surface area contributed by atoms with Crippen molar-refractivity contribution in [1.82, 2.24) is 10.2 Å². The molecule has 1 N–H and O–H groups in total. The van der Waals surface area contributed by atoms with Gasteiger partial charge in [0.15, 0.2) is 0 Å². The summed E-state index contributed by atoms with van der Waals surface area (Å²) in [5, 5.41) is 4.48. The second-order valence-corrected chi connectivity index (χ2v) is 8.66. The Hall–Kier alpha value is -2.18. The molecule has 1 spiro atoms. The SMILES string of the molecule is Cc1ccc2c(CC(=O)N3CCOC4(C[C@H]5CC[C@@H](C4)N5)C3)cc(=O)oc2c1. The Balaban J connectivity index is 1.37. The summed E-state index contributed by atoms with van der Waals surface area (Å²) >= 11 is 0. The molecule has 1 amide bonds. The van der Waals surface area contributed by atoms with Gasteiger partial charge in [0.05, 0.1) is 18.6 Å². The highest BCUT2D eigenvalue weighted by molar-refractivity contribution is 5.87. The number of hydrogen-bond donors (Lipinski definition) is 1. The van der Waals surface area contributed by atoms with Crippen LogP contribution in [0.5, 0.6) is 0 Å². The molecule has 3 saturated heterocycles. The molecule has 0 aliphatic carbocycles. The average Bonchev–Trinajstić information content (AvgIpc) is 3.00. The summed E-state index contributed by atoms with van der Waals surface area (Å²) in [6.07, 6.45) is 4.57. The maximum Gasteiger partial charge on any atom is 0.336 e. The Bertz CT molecular complexity index is 970. The number of carbonyl (C=O) groups is 1. The van der Waals surface area contributed by atoms with E-state index in [0.717, 1.165) is 29.4 Å². The Morgan fingerprint density at radius 1 is 1.25 bits per heavy atom. The summed E-state index contributed by atoms with van der Waals surface area (Å²) in [6.45, 7) is 3.81. The van der Waals surface area contributed by atoms with Crippen molar-refractivity contribution in [2.45, 2.75) is 56.7 Å². The maximum absolute atomic E-state index is 13.1. The van der Waals surface area contributed by atoms with Crippen LogP contribution in [0.4, 0.5) is 0 Å². The van der Waals surface area contributed by atoms with Crippen LogP contribution in [-0.2, 0) is 16.0 Å². The van der Waals surface area contributed by atoms with Gasteiger partial charge in [-0.3, -0.25) is 4.79 Å². The first-order valence-electron chi connectivity index (χ1n) is 10.2. The van der Waals surface area contributed by atoms with E-state index in [1.807, 2.05) is 30.0 Å². The van der Waals surface area contributed by atoms with E-state index in [9.17, 15) is 9.59 Å². The summed E-state index contributed by atoms with van der Waals surface area (Å²) in [5.74, 6) is 0.0565. The van der Waals surface area contributed by atoms with Crippen LogP contribution in [0, 0.1) is 6.92 Å². The fraction of sp³-hybridized carbons (Fsp3) is 0.545. The lowest BCUT2D eigenvalue weighted by molar-refractivity contribution is -0.157. The number of rotatable bonds is 2. The van der Waals surface area contributed by atoms with Crippen molar-refractivity contribution in [2.75, 3.05) is 19.7 Å². The topological polar surface area (TPSA) is 71.8 Å². The molecule has 3 atom stereocenters. The molecule has 6 heteroatoms. The minimum atomic E-state index is -0.408. The molecule has 5 rings (SSSR count). The predicted molar refractivity (Wildman–Crippen MR) is 105 cm³/mol. The summed E-state index contributed by atoms with van der Waals surface area (Å²) in [6, 6.07) is 8.24. The van der Waals surface area contributed by atoms with Crippen molar-refractivity contribution in [2.24, 2.45) is 0 Å². The first-order chi connectivity index (χ1) is 13.5. The molecule has 28 heavy (non-hydrogen) atoms. The lowest BCUT2D eigenvalue weighted by Gasteiger charge is -2.47. The highest BCUT2D eigenvalue weighted by Gasteiger charge is 2.47. The third-order valence-electron chi connectivity index (χ3n) is 6.50. The van der Waals surface area contributed by atoms with Crippen molar-refractivity contribution >= 4 is 16.9 Å². The number of nitrogens with one attached hydrogen (secondary N) is 1. The monoisotopic (exact) mass is 382 g/mol. The highest BCUT2D eigenvalue weighted by Crippen LogP contribution is 2.38. The van der Waals surface area contributed by atoms with Crippen molar-refractivity contribution in [3.63, 3.8) is 0 Å². The highest BCUT2D eigenvalue weighted by atomic mass is 16.5. The molecule has 0 saturated carbocycles. The van der Waals surface area contributed by atoms with E-state index >= 15 is 0 Å². The van der Waals surface area contributed by atoms with Crippen LogP contribution in [0.25, 0.3) is 11.0 Å². The van der Waals surface area contributed by atoms with E-state index in [1.165, 1.54) is 18.9 Å². The van der Waals surface area contributed by atoms with Crippen LogP contribution < -0.4 is 10.9 Å². The fourth-order valence-electron chi connectivity index (χ4n) is 5.27. The number of amides is 1. The molecule has 6 nitrogen and oxygen atoms in total. The van der Waals surface area contributed by atoms with Gasteiger partial charge in [0.25, 0.3) is 0 Å². The van der Waals surface area contributed by atoms with Crippen LogP contribution in [0.2, 0.25) is 0 Å². The second kappa shape index (κ2) is 6.71. The number of morpholine rings is 1. The molecule has 3 aliphatic rings. The molecule has 148 valence electrons. The summed E-state index contributed by atoms with van der Waals surface area (Å²) in [7, 11) is 0. The van der Waals surface area contributed by atoms with Gasteiger partial charge in [0, 0.05) is 36.6 Å². The average molecular weight is 382 g/mol. The summed E-state index contributed by atoms with van der Waals surface area (Å²) in [5.41, 5.74) is 1.69. The molecule has 4 heterocycles. The van der Waals surface area contributed by atoms with Crippen LogP contribution in [0.15, 0.2) is 33.5 Å². The zero-order valence-electron chi connectivity index (χ0n) is 16.2. The zero-order chi connectivity index (χ0) is 19.3. The molecule has 2 aromatic rings. The molecular weight excluding hydrogens is 356 g/mol. The Labute approximate surface area is 163 Å². The number of ether oxygens (including phenoxy) is 1. The largest absolute Gasteiger partial charge is 0.423 e. The standard InChI is InChI=1S/C22H26N2O4/c1-14-2-5-18-15(10-21(26)28-19(18)8-14)9-20(25)24-6-7-27-22(13-24)11-16-3-4-17(12-22)23-16/h2,5,8,10,16-17,23H,3-4,6-7,9,11-13H2,1H3/t16-,17+,22?. The van der Waals surface area contributed by atoms with E-state index in [2.05, 4.69) is 5.32 Å². The minimum Gasteiger partial charge on any atom is -0.423 e. The smallest absolute Gasteiger partial charge is 0.336 e. The lowest BCUT2D eigenvalue weighted by atomic mass is 9.85. The van der Waals surface area contributed by atoms with Gasteiger partial charge >= 0.3 is 5.63 Å². The number of aryl methyl sites for hydroxylation is 1. The van der Waals surface area contributed by atoms with E-state index in [0.29, 0.717) is 37.4 Å². The molecule has 3 fully saturated rings. The van der Waals surface area contributed by atoms with E-state index in [-0.39, 0.29) is 17.9 Å². The molecule has 2 bridgehead atoms. The van der Waals surface area contributed by atoms with Crippen molar-refractivity contribution in [1.29, 1.82) is 0 Å². The van der Waals surface area contributed by atoms with Crippen LogP contribution in [0.3, 0.4) is 0 Å². The van der Waals surface area contributed by atoms with Gasteiger partial charge in [-0.05, 0) is 49.8 Å². The van der Waals surface area contributed by atoms with E-state index in [4.69, 9.17) is 9.15 Å². The molecule has 1 aromatic carbocycles. The van der Waals surface area contributed by atoms with Crippen LogP contribution in [-0.4, -0.2) is 48.2 Å². The van der Waals surface area contributed by atoms with Crippen molar-refractivity contribution < 1.29 is 13.9 Å². The second-order valence-electron chi connectivity index (χ2n) is 8.66. The molecule has 3 aliphatic heterocycles. The molecular formula is C22H26N2O4. The first kappa shape index (κ1) is 17.9. The maximum atomic E-state index is 13.1. The van der Waals surface area contributed by atoms with Gasteiger partial charge in [-0.1, -0.05) is 12.1 Å². The summed E-state index contributed by atoms with van der Waals surface area (Å²) in [4.78, 5) is 27.0. The fourth-order valence-corrected chi connectivity index (χ4v) is 5.27. The molecule has 1 aromatic heterocycles. The van der Waals surface area contributed by atoms with Gasteiger partial charge in [0.2, 0.25) is 5.91 Å². The third-order valence-corrected chi connectivity index (χ3v) is 6.50. The van der Waals surface area contributed by atoms with Gasteiger partial charge < -0.3 is 19.4 Å². The number of nitrogens with zero attached hydrogens (tertiary/aromatic N) is 1. The Kier molecular flexibility index (Phi) is 4.29. The number of fused-ring (bicyclic) bond motifs is 3. The van der Waals surface area contributed by atoms with Crippen LogP contribution >= 0.6 is 0 Å². The molecule has 0 radical (unpaired) electrons. The van der Waals surface area contributed by atoms with Gasteiger partial charge in [-0.15, -0.1) is 0 Å². The minimum absolute atomic E-state index is 0.0565. The van der Waals surface area contributed by atoms with Crippen molar-refractivity contribution in [3.8, 4) is 0 Å². The van der Waals surface area contributed by atoms with Gasteiger partial charge in [-0.2, -0.15) is 0 Å². The third kappa shape index (κ3) is 3.25. The summed E-state index contributed by atoms with van der Waals surface area (Å²) < 4.78 is 11.5. The van der Waals surface area contributed by atoms with Gasteiger partial charge in [-0.25, -0.2) is 4.79 Å². The Morgan fingerprint density at radius 3 is 2.82 bits per heavy atom. The zero-order valence-corrected chi connectivity index (χ0v) is 16.2. The number of hydrogen-bond acceptors (Lipinski definition) is 5. The quantitative estimate of drug-likeness (QED) is 0.806.